The zero-order valence-electron chi connectivity index (χ0n) is 8.19. The average molecular weight is 206 g/mol. The van der Waals surface area contributed by atoms with Gasteiger partial charge in [0.05, 0.1) is 24.5 Å². The summed E-state index contributed by atoms with van der Waals surface area (Å²) in [6.07, 6.45) is 3.02. The molecule has 2 aromatic rings. The second-order valence-electron chi connectivity index (χ2n) is 3.79. The maximum absolute atomic E-state index is 13.3. The van der Waals surface area contributed by atoms with Crippen LogP contribution in [0.15, 0.2) is 24.5 Å². The number of rotatable bonds is 2. The second kappa shape index (κ2) is 3.31. The topological polar surface area (TPSA) is 27.1 Å². The van der Waals surface area contributed by atoms with Gasteiger partial charge in [0.15, 0.2) is 5.82 Å². The molecule has 1 aromatic carbocycles. The Hall–Kier alpha value is -1.42. The molecule has 3 nitrogen and oxygen atoms in total. The average Bonchev–Trinajstić information content (AvgIpc) is 2.56. The second-order valence-corrected chi connectivity index (χ2v) is 3.79. The number of fused-ring (bicyclic) bond motifs is 1. The third-order valence-corrected chi connectivity index (χ3v) is 2.79. The summed E-state index contributed by atoms with van der Waals surface area (Å²) in [7, 11) is 0. The Bertz CT molecular complexity index is 490. The van der Waals surface area contributed by atoms with Crippen LogP contribution in [-0.2, 0) is 11.3 Å². The predicted molar refractivity (Wildman–Crippen MR) is 54.0 cm³/mol. The summed E-state index contributed by atoms with van der Waals surface area (Å²) in [6.45, 7) is 1.60. The molecule has 0 spiro atoms. The highest BCUT2D eigenvalue weighted by Crippen LogP contribution is 2.19. The van der Waals surface area contributed by atoms with E-state index in [0.29, 0.717) is 5.52 Å². The summed E-state index contributed by atoms with van der Waals surface area (Å²) >= 11 is 0. The monoisotopic (exact) mass is 206 g/mol. The van der Waals surface area contributed by atoms with Crippen LogP contribution in [0.4, 0.5) is 4.39 Å². The minimum Gasteiger partial charge on any atom is -0.376 e. The highest BCUT2D eigenvalue weighted by atomic mass is 19.1. The summed E-state index contributed by atoms with van der Waals surface area (Å²) in [4.78, 5) is 4.06. The molecule has 1 aliphatic rings. The summed E-state index contributed by atoms with van der Waals surface area (Å²) in [6, 6.07) is 5.01. The van der Waals surface area contributed by atoms with Crippen molar-refractivity contribution >= 4 is 11.0 Å². The molecule has 0 amide bonds. The fourth-order valence-electron chi connectivity index (χ4n) is 1.85. The van der Waals surface area contributed by atoms with E-state index in [1.807, 2.05) is 10.6 Å². The molecule has 0 aliphatic carbocycles. The molecule has 0 N–H and O–H groups in total. The number of aromatic nitrogens is 2. The van der Waals surface area contributed by atoms with E-state index >= 15 is 0 Å². The van der Waals surface area contributed by atoms with Gasteiger partial charge in [0, 0.05) is 6.61 Å². The third-order valence-electron chi connectivity index (χ3n) is 2.79. The quantitative estimate of drug-likeness (QED) is 0.751. The molecule has 1 aliphatic heterocycles. The standard InChI is InChI=1S/C11H11FN2O/c12-9-2-1-3-10-11(9)13-7-14(10)6-8-4-5-15-8/h1-3,7-8H,4-6H2. The van der Waals surface area contributed by atoms with Crippen LogP contribution < -0.4 is 0 Å². The molecule has 2 heterocycles. The molecular weight excluding hydrogens is 195 g/mol. The first-order valence-corrected chi connectivity index (χ1v) is 5.05. The van der Waals surface area contributed by atoms with Crippen LogP contribution in [0.1, 0.15) is 6.42 Å². The fourth-order valence-corrected chi connectivity index (χ4v) is 1.85. The van der Waals surface area contributed by atoms with E-state index in [-0.39, 0.29) is 11.9 Å². The molecule has 0 bridgehead atoms. The van der Waals surface area contributed by atoms with Gasteiger partial charge >= 0.3 is 0 Å². The van der Waals surface area contributed by atoms with Gasteiger partial charge in [0.25, 0.3) is 0 Å². The number of para-hydroxylation sites is 1. The zero-order valence-corrected chi connectivity index (χ0v) is 8.19. The first-order valence-electron chi connectivity index (χ1n) is 5.05. The SMILES string of the molecule is Fc1cccc2c1ncn2CC1CCO1. The lowest BCUT2D eigenvalue weighted by atomic mass is 10.2. The van der Waals surface area contributed by atoms with Gasteiger partial charge in [-0.15, -0.1) is 0 Å². The van der Waals surface area contributed by atoms with Crippen LogP contribution in [0.2, 0.25) is 0 Å². The van der Waals surface area contributed by atoms with E-state index in [1.54, 1.807) is 12.4 Å². The number of hydrogen-bond acceptors (Lipinski definition) is 2. The van der Waals surface area contributed by atoms with Gasteiger partial charge in [0.2, 0.25) is 0 Å². The van der Waals surface area contributed by atoms with E-state index in [9.17, 15) is 4.39 Å². The van der Waals surface area contributed by atoms with E-state index in [1.165, 1.54) is 6.07 Å². The third kappa shape index (κ3) is 1.41. The summed E-state index contributed by atoms with van der Waals surface area (Å²) in [5.74, 6) is -0.263. The van der Waals surface area contributed by atoms with E-state index in [4.69, 9.17) is 4.74 Å². The Labute approximate surface area is 86.5 Å². The van der Waals surface area contributed by atoms with Crippen molar-refractivity contribution in [2.75, 3.05) is 6.61 Å². The van der Waals surface area contributed by atoms with Crippen molar-refractivity contribution in [3.8, 4) is 0 Å². The number of halogens is 1. The molecule has 1 aromatic heterocycles. The molecule has 1 saturated heterocycles. The Morgan fingerprint density at radius 1 is 1.53 bits per heavy atom. The summed E-state index contributed by atoms with van der Waals surface area (Å²) in [5.41, 5.74) is 1.28. The van der Waals surface area contributed by atoms with Crippen LogP contribution in [0, 0.1) is 5.82 Å². The van der Waals surface area contributed by atoms with Gasteiger partial charge in [0.1, 0.15) is 5.52 Å². The lowest BCUT2D eigenvalue weighted by molar-refractivity contribution is -0.0586. The van der Waals surface area contributed by atoms with Crippen LogP contribution in [0.5, 0.6) is 0 Å². The fraction of sp³-hybridized carbons (Fsp3) is 0.364. The Balaban J connectivity index is 2.00. The van der Waals surface area contributed by atoms with Gasteiger partial charge in [-0.05, 0) is 18.6 Å². The van der Waals surface area contributed by atoms with Crippen molar-refractivity contribution in [3.05, 3.63) is 30.3 Å². The minimum atomic E-state index is -0.263. The van der Waals surface area contributed by atoms with Crippen molar-refractivity contribution in [2.24, 2.45) is 0 Å². The maximum atomic E-state index is 13.3. The lowest BCUT2D eigenvalue weighted by Gasteiger charge is -2.26. The maximum Gasteiger partial charge on any atom is 0.151 e. The van der Waals surface area contributed by atoms with Gasteiger partial charge in [-0.3, -0.25) is 0 Å². The highest BCUT2D eigenvalue weighted by Gasteiger charge is 2.19. The van der Waals surface area contributed by atoms with Crippen LogP contribution in [-0.4, -0.2) is 22.3 Å². The van der Waals surface area contributed by atoms with E-state index in [0.717, 1.165) is 25.1 Å². The first kappa shape index (κ1) is 8.85. The van der Waals surface area contributed by atoms with Crippen LogP contribution >= 0.6 is 0 Å². The first-order chi connectivity index (χ1) is 7.34. The number of hydrogen-bond donors (Lipinski definition) is 0. The molecule has 78 valence electrons. The van der Waals surface area contributed by atoms with Gasteiger partial charge < -0.3 is 9.30 Å². The van der Waals surface area contributed by atoms with E-state index < -0.39 is 0 Å². The molecule has 1 unspecified atom stereocenters. The Kier molecular flexibility index (Phi) is 1.95. The number of benzene rings is 1. The van der Waals surface area contributed by atoms with Gasteiger partial charge in [-0.25, -0.2) is 9.37 Å². The van der Waals surface area contributed by atoms with Crippen molar-refractivity contribution in [1.82, 2.24) is 9.55 Å². The van der Waals surface area contributed by atoms with Crippen molar-refractivity contribution in [1.29, 1.82) is 0 Å². The number of imidazole rings is 1. The van der Waals surface area contributed by atoms with Crippen LogP contribution in [0.3, 0.4) is 0 Å². The largest absolute Gasteiger partial charge is 0.376 e. The van der Waals surface area contributed by atoms with Crippen LogP contribution in [0.25, 0.3) is 11.0 Å². The highest BCUT2D eigenvalue weighted by molar-refractivity contribution is 5.75. The molecule has 15 heavy (non-hydrogen) atoms. The predicted octanol–water partition coefficient (Wildman–Crippen LogP) is 1.96. The molecule has 0 radical (unpaired) electrons. The van der Waals surface area contributed by atoms with Crippen molar-refractivity contribution in [2.45, 2.75) is 19.1 Å². The van der Waals surface area contributed by atoms with Gasteiger partial charge in [-0.2, -0.15) is 0 Å². The number of ether oxygens (including phenoxy) is 1. The van der Waals surface area contributed by atoms with Gasteiger partial charge in [-0.1, -0.05) is 6.07 Å². The smallest absolute Gasteiger partial charge is 0.151 e. The molecular formula is C11H11FN2O. The molecule has 1 atom stereocenters. The Morgan fingerprint density at radius 2 is 2.40 bits per heavy atom. The molecule has 4 heteroatoms. The minimum absolute atomic E-state index is 0.263. The summed E-state index contributed by atoms with van der Waals surface area (Å²) < 4.78 is 20.6. The molecule has 1 fully saturated rings. The lowest BCUT2D eigenvalue weighted by Crippen LogP contribution is -2.30. The van der Waals surface area contributed by atoms with Crippen molar-refractivity contribution in [3.63, 3.8) is 0 Å². The summed E-state index contributed by atoms with van der Waals surface area (Å²) in [5, 5.41) is 0. The Morgan fingerprint density at radius 3 is 3.13 bits per heavy atom. The zero-order chi connectivity index (χ0) is 10.3. The number of nitrogens with zero attached hydrogens (tertiary/aromatic N) is 2. The molecule has 3 rings (SSSR count). The normalized spacial score (nSPS) is 20.5. The van der Waals surface area contributed by atoms with Crippen molar-refractivity contribution < 1.29 is 9.13 Å². The van der Waals surface area contributed by atoms with E-state index in [2.05, 4.69) is 4.98 Å². The molecule has 0 saturated carbocycles.